The summed E-state index contributed by atoms with van der Waals surface area (Å²) in [6, 6.07) is 11.6. The van der Waals surface area contributed by atoms with E-state index in [2.05, 4.69) is 0 Å². The van der Waals surface area contributed by atoms with Crippen molar-refractivity contribution >= 4 is 40.6 Å². The molecule has 0 aliphatic carbocycles. The van der Waals surface area contributed by atoms with Gasteiger partial charge in [-0.05, 0) is 30.7 Å². The van der Waals surface area contributed by atoms with E-state index in [9.17, 15) is 14.7 Å². The Morgan fingerprint density at radius 1 is 1.07 bits per heavy atom. The fourth-order valence-corrected chi connectivity index (χ4v) is 3.59. The van der Waals surface area contributed by atoms with Gasteiger partial charge >= 0.3 is 0 Å². The summed E-state index contributed by atoms with van der Waals surface area (Å²) in [5.41, 5.74) is 1.49. The van der Waals surface area contributed by atoms with Crippen molar-refractivity contribution in [3.63, 3.8) is 0 Å². The predicted octanol–water partition coefficient (Wildman–Crippen LogP) is 5.82. The number of halogens is 2. The summed E-state index contributed by atoms with van der Waals surface area (Å²) in [6.45, 7) is 7.21. The summed E-state index contributed by atoms with van der Waals surface area (Å²) >= 11 is 12.2. The van der Waals surface area contributed by atoms with E-state index in [0.29, 0.717) is 10.7 Å². The number of ketones is 1. The topological polar surface area (TPSA) is 57.6 Å². The molecule has 0 spiro atoms. The lowest BCUT2D eigenvalue weighted by Crippen LogP contribution is -2.32. The van der Waals surface area contributed by atoms with Gasteiger partial charge in [-0.3, -0.25) is 14.5 Å². The number of aliphatic hydroxyl groups is 1. The summed E-state index contributed by atoms with van der Waals surface area (Å²) in [5.74, 6) is -1.46. The summed E-state index contributed by atoms with van der Waals surface area (Å²) in [4.78, 5) is 27.5. The summed E-state index contributed by atoms with van der Waals surface area (Å²) in [5, 5.41) is 11.3. The standard InChI is InChI=1S/C22H21Cl2NO3/c1-12-6-5-7-13(10-12)18-17(20(27)22(2,3)4)19(26)21(28)25(18)14-8-9-15(23)16(24)11-14/h5-11,18,26H,1-4H3. The molecule has 1 atom stereocenters. The highest BCUT2D eigenvalue weighted by Gasteiger charge is 2.46. The van der Waals surface area contributed by atoms with Crippen LogP contribution in [0.5, 0.6) is 0 Å². The minimum Gasteiger partial charge on any atom is -0.503 e. The number of aliphatic hydroxyl groups excluding tert-OH is 1. The van der Waals surface area contributed by atoms with Crippen LogP contribution in [-0.4, -0.2) is 16.8 Å². The lowest BCUT2D eigenvalue weighted by Gasteiger charge is -2.29. The Kier molecular flexibility index (Phi) is 5.30. The van der Waals surface area contributed by atoms with Gasteiger partial charge < -0.3 is 5.11 Å². The zero-order valence-corrected chi connectivity index (χ0v) is 17.6. The largest absolute Gasteiger partial charge is 0.503 e. The van der Waals surface area contributed by atoms with Crippen molar-refractivity contribution in [2.45, 2.75) is 33.7 Å². The van der Waals surface area contributed by atoms with Crippen molar-refractivity contribution in [1.82, 2.24) is 0 Å². The van der Waals surface area contributed by atoms with E-state index < -0.39 is 23.1 Å². The Bertz CT molecular complexity index is 1010. The van der Waals surface area contributed by atoms with Gasteiger partial charge in [0.15, 0.2) is 11.5 Å². The summed E-state index contributed by atoms with van der Waals surface area (Å²) in [6.07, 6.45) is 0. The number of benzene rings is 2. The highest BCUT2D eigenvalue weighted by atomic mass is 35.5. The Balaban J connectivity index is 2.23. The molecule has 146 valence electrons. The molecule has 0 radical (unpaired) electrons. The lowest BCUT2D eigenvalue weighted by molar-refractivity contribution is -0.123. The van der Waals surface area contributed by atoms with Crippen LogP contribution >= 0.6 is 23.2 Å². The average molecular weight is 418 g/mol. The van der Waals surface area contributed by atoms with E-state index in [0.717, 1.165) is 11.1 Å². The number of amides is 1. The molecule has 0 saturated carbocycles. The molecule has 0 aromatic heterocycles. The maximum Gasteiger partial charge on any atom is 0.294 e. The molecule has 1 heterocycles. The van der Waals surface area contributed by atoms with Crippen molar-refractivity contribution in [3.05, 3.63) is 75.0 Å². The van der Waals surface area contributed by atoms with Crippen molar-refractivity contribution in [2.24, 2.45) is 5.41 Å². The number of carbonyl (C=O) groups is 2. The highest BCUT2D eigenvalue weighted by Crippen LogP contribution is 2.44. The molecular formula is C22H21Cl2NO3. The van der Waals surface area contributed by atoms with Gasteiger partial charge in [0.2, 0.25) is 0 Å². The van der Waals surface area contributed by atoms with Crippen LogP contribution < -0.4 is 4.90 Å². The number of carbonyl (C=O) groups excluding carboxylic acids is 2. The maximum atomic E-state index is 13.1. The lowest BCUT2D eigenvalue weighted by atomic mass is 9.82. The van der Waals surface area contributed by atoms with Crippen LogP contribution in [0.25, 0.3) is 0 Å². The molecule has 4 nitrogen and oxygen atoms in total. The van der Waals surface area contributed by atoms with Gasteiger partial charge in [0, 0.05) is 11.1 Å². The first-order chi connectivity index (χ1) is 13.0. The number of Topliss-reactive ketones (excluding diaryl/α,β-unsaturated/α-hetero) is 1. The minimum atomic E-state index is -0.765. The number of rotatable bonds is 3. The smallest absolute Gasteiger partial charge is 0.294 e. The summed E-state index contributed by atoms with van der Waals surface area (Å²) in [7, 11) is 0. The third-order valence-corrected chi connectivity index (χ3v) is 5.41. The van der Waals surface area contributed by atoms with Crippen molar-refractivity contribution in [2.75, 3.05) is 4.90 Å². The van der Waals surface area contributed by atoms with Crippen LogP contribution in [0.3, 0.4) is 0 Å². The molecule has 1 amide bonds. The SMILES string of the molecule is Cc1cccc(C2C(C(=O)C(C)(C)C)=C(O)C(=O)N2c2ccc(Cl)c(Cl)c2)c1. The molecule has 3 rings (SSSR count). The van der Waals surface area contributed by atoms with Gasteiger partial charge in [0.1, 0.15) is 0 Å². The number of anilines is 1. The van der Waals surface area contributed by atoms with Crippen LogP contribution in [0.2, 0.25) is 10.0 Å². The third kappa shape index (κ3) is 3.54. The number of hydrogen-bond acceptors (Lipinski definition) is 3. The Hall–Kier alpha value is -2.30. The van der Waals surface area contributed by atoms with E-state index in [1.807, 2.05) is 31.2 Å². The fourth-order valence-electron chi connectivity index (χ4n) is 3.30. The van der Waals surface area contributed by atoms with Gasteiger partial charge in [0.05, 0.1) is 21.7 Å². The van der Waals surface area contributed by atoms with Gasteiger partial charge in [-0.25, -0.2) is 0 Å². The number of hydrogen-bond donors (Lipinski definition) is 1. The van der Waals surface area contributed by atoms with Gasteiger partial charge in [-0.1, -0.05) is 73.8 Å². The first-order valence-electron chi connectivity index (χ1n) is 8.85. The monoisotopic (exact) mass is 417 g/mol. The average Bonchev–Trinajstić information content (AvgIpc) is 2.87. The first kappa shape index (κ1) is 20.4. The highest BCUT2D eigenvalue weighted by molar-refractivity contribution is 6.42. The molecule has 1 aliphatic heterocycles. The van der Waals surface area contributed by atoms with Gasteiger partial charge in [-0.2, -0.15) is 0 Å². The van der Waals surface area contributed by atoms with Crippen molar-refractivity contribution in [1.29, 1.82) is 0 Å². The van der Waals surface area contributed by atoms with Crippen molar-refractivity contribution < 1.29 is 14.7 Å². The van der Waals surface area contributed by atoms with Crippen LogP contribution in [0.4, 0.5) is 5.69 Å². The van der Waals surface area contributed by atoms with Crippen molar-refractivity contribution in [3.8, 4) is 0 Å². The Labute approximate surface area is 174 Å². The third-order valence-electron chi connectivity index (χ3n) is 4.67. The fraction of sp³-hybridized carbons (Fsp3) is 0.273. The molecular weight excluding hydrogens is 397 g/mol. The minimum absolute atomic E-state index is 0.0918. The second-order valence-corrected chi connectivity index (χ2v) is 8.75. The van der Waals surface area contributed by atoms with Crippen LogP contribution in [0.15, 0.2) is 53.8 Å². The van der Waals surface area contributed by atoms with Crippen LogP contribution in [0, 0.1) is 12.3 Å². The second kappa shape index (κ2) is 7.26. The maximum absolute atomic E-state index is 13.1. The molecule has 1 N–H and O–H groups in total. The molecule has 0 bridgehead atoms. The molecule has 0 fully saturated rings. The van der Waals surface area contributed by atoms with E-state index in [4.69, 9.17) is 23.2 Å². The summed E-state index contributed by atoms with van der Waals surface area (Å²) < 4.78 is 0. The van der Waals surface area contributed by atoms with Gasteiger partial charge in [0.25, 0.3) is 5.91 Å². The molecule has 2 aromatic carbocycles. The molecule has 6 heteroatoms. The van der Waals surface area contributed by atoms with E-state index in [-0.39, 0.29) is 16.4 Å². The molecule has 28 heavy (non-hydrogen) atoms. The van der Waals surface area contributed by atoms with E-state index in [1.54, 1.807) is 39.0 Å². The van der Waals surface area contributed by atoms with E-state index in [1.165, 1.54) is 4.90 Å². The predicted molar refractivity (Wildman–Crippen MR) is 112 cm³/mol. The second-order valence-electron chi connectivity index (χ2n) is 7.93. The molecule has 1 unspecified atom stereocenters. The Morgan fingerprint density at radius 3 is 2.32 bits per heavy atom. The zero-order chi connectivity index (χ0) is 20.8. The quantitative estimate of drug-likeness (QED) is 0.684. The Morgan fingerprint density at radius 2 is 1.75 bits per heavy atom. The van der Waals surface area contributed by atoms with E-state index >= 15 is 0 Å². The number of aryl methyl sites for hydroxylation is 1. The number of nitrogens with zero attached hydrogens (tertiary/aromatic N) is 1. The first-order valence-corrected chi connectivity index (χ1v) is 9.61. The normalized spacial score (nSPS) is 17.4. The van der Waals surface area contributed by atoms with Crippen LogP contribution in [0.1, 0.15) is 37.9 Å². The zero-order valence-electron chi connectivity index (χ0n) is 16.1. The van der Waals surface area contributed by atoms with Crippen LogP contribution in [-0.2, 0) is 9.59 Å². The van der Waals surface area contributed by atoms with Gasteiger partial charge in [-0.15, -0.1) is 0 Å². The molecule has 1 aliphatic rings. The molecule has 2 aromatic rings. The molecule has 0 saturated heterocycles.